The second-order valence-electron chi connectivity index (χ2n) is 8.18. The van der Waals surface area contributed by atoms with Crippen molar-refractivity contribution in [1.29, 1.82) is 0 Å². The highest BCUT2D eigenvalue weighted by molar-refractivity contribution is 7.90. The van der Waals surface area contributed by atoms with Crippen molar-refractivity contribution < 1.29 is 66.2 Å². The smallest absolute Gasteiger partial charge is 0.460 e. The van der Waals surface area contributed by atoms with E-state index in [-0.39, 0.29) is 5.57 Å². The van der Waals surface area contributed by atoms with Crippen molar-refractivity contribution >= 4 is 21.6 Å². The minimum absolute atomic E-state index is 0.243. The molecule has 0 bridgehead atoms. The molecule has 1 aromatic rings. The minimum atomic E-state index is -7.72. The molecular formula is C21H18F11NO4S. The second kappa shape index (κ2) is 9.81. The molecule has 5 nitrogen and oxygen atoms in total. The number of esters is 1. The van der Waals surface area contributed by atoms with Crippen LogP contribution in [0.3, 0.4) is 0 Å². The SMILES string of the molecule is CC(=O)OCC1(C(F)(F)N(C)S(=O)(=O)C(F)(F)C(F)(F)C(F)(F)C(F)(F)F)C=CC(c2ccccc2)=CC1. The third-order valence-electron chi connectivity index (χ3n) is 5.70. The average Bonchev–Trinajstić information content (AvgIpc) is 2.81. The number of hydrogen-bond donors (Lipinski definition) is 0. The Kier molecular flexibility index (Phi) is 8.13. The van der Waals surface area contributed by atoms with E-state index in [0.717, 1.165) is 19.1 Å². The number of halogens is 11. The largest absolute Gasteiger partial charge is 0.465 e. The van der Waals surface area contributed by atoms with Crippen LogP contribution < -0.4 is 0 Å². The number of rotatable bonds is 9. The van der Waals surface area contributed by atoms with Gasteiger partial charge >= 0.3 is 35.3 Å². The maximum absolute atomic E-state index is 15.6. The van der Waals surface area contributed by atoms with Gasteiger partial charge in [0.2, 0.25) is 0 Å². The molecule has 1 aliphatic carbocycles. The zero-order chi connectivity index (χ0) is 29.6. The van der Waals surface area contributed by atoms with E-state index in [1.807, 2.05) is 0 Å². The molecule has 0 saturated carbocycles. The lowest BCUT2D eigenvalue weighted by Gasteiger charge is -2.44. The van der Waals surface area contributed by atoms with Crippen molar-refractivity contribution in [2.24, 2.45) is 5.41 Å². The Labute approximate surface area is 208 Å². The van der Waals surface area contributed by atoms with Gasteiger partial charge in [0.25, 0.3) is 10.0 Å². The van der Waals surface area contributed by atoms with Gasteiger partial charge in [-0.05, 0) is 17.6 Å². The van der Waals surface area contributed by atoms with Crippen molar-refractivity contribution in [3.63, 3.8) is 0 Å². The molecule has 2 rings (SSSR count). The lowest BCUT2D eigenvalue weighted by atomic mass is 9.77. The number of benzene rings is 1. The van der Waals surface area contributed by atoms with Crippen molar-refractivity contribution in [2.45, 2.75) is 42.7 Å². The van der Waals surface area contributed by atoms with Crippen LogP contribution in [0.15, 0.2) is 48.6 Å². The molecule has 17 heteroatoms. The van der Waals surface area contributed by atoms with E-state index in [9.17, 15) is 52.7 Å². The number of nitrogens with zero attached hydrogens (tertiary/aromatic N) is 1. The maximum Gasteiger partial charge on any atom is 0.460 e. The minimum Gasteiger partial charge on any atom is -0.465 e. The number of carbonyl (C=O) groups excluding carboxylic acids is 1. The van der Waals surface area contributed by atoms with Gasteiger partial charge in [0.05, 0.1) is 0 Å². The van der Waals surface area contributed by atoms with Gasteiger partial charge < -0.3 is 4.74 Å². The molecule has 1 unspecified atom stereocenters. The van der Waals surface area contributed by atoms with E-state index in [0.29, 0.717) is 11.6 Å². The molecule has 0 amide bonds. The van der Waals surface area contributed by atoms with Gasteiger partial charge in [-0.1, -0.05) is 48.6 Å². The molecule has 1 aliphatic rings. The number of carbonyl (C=O) groups is 1. The fourth-order valence-electron chi connectivity index (χ4n) is 3.33. The Hall–Kier alpha value is -2.69. The number of ether oxygens (including phenoxy) is 1. The summed E-state index contributed by atoms with van der Waals surface area (Å²) in [5.41, 5.74) is -2.39. The van der Waals surface area contributed by atoms with Crippen LogP contribution in [0.5, 0.6) is 0 Å². The molecule has 0 aliphatic heterocycles. The molecular weight excluding hydrogens is 571 g/mol. The first-order valence-electron chi connectivity index (χ1n) is 10.1. The van der Waals surface area contributed by atoms with E-state index in [1.165, 1.54) is 12.1 Å². The molecule has 1 aromatic carbocycles. The Morgan fingerprint density at radius 1 is 0.947 bits per heavy atom. The zero-order valence-electron chi connectivity index (χ0n) is 19.2. The highest BCUT2D eigenvalue weighted by atomic mass is 32.2. The van der Waals surface area contributed by atoms with Crippen LogP contribution in [0.2, 0.25) is 0 Å². The standard InChI is InChI=1S/C21H18F11NO4S/c1-13(34)37-12-16(10-8-15(9-11-16)14-6-4-3-5-7-14)20(29,30)33(2)38(35,36)21(31,32)18(24,25)17(22,23)19(26,27)28/h3-10H,11-12H2,1-2H3. The summed E-state index contributed by atoms with van der Waals surface area (Å²) in [7, 11) is -8.08. The zero-order valence-corrected chi connectivity index (χ0v) is 20.0. The van der Waals surface area contributed by atoms with Gasteiger partial charge in [0.1, 0.15) is 12.0 Å². The average molecular weight is 589 g/mol. The van der Waals surface area contributed by atoms with Gasteiger partial charge in [0.15, 0.2) is 0 Å². The van der Waals surface area contributed by atoms with Gasteiger partial charge in [0, 0.05) is 14.0 Å². The van der Waals surface area contributed by atoms with E-state index in [4.69, 9.17) is 0 Å². The molecule has 0 heterocycles. The fraction of sp³-hybridized carbons (Fsp3) is 0.476. The van der Waals surface area contributed by atoms with Crippen molar-refractivity contribution in [2.75, 3.05) is 13.7 Å². The molecule has 0 fully saturated rings. The van der Waals surface area contributed by atoms with Gasteiger partial charge in [-0.3, -0.25) is 4.79 Å². The van der Waals surface area contributed by atoms with E-state index < -0.39 is 75.1 Å². The van der Waals surface area contributed by atoms with Gasteiger partial charge in [-0.15, -0.1) is 4.31 Å². The Morgan fingerprint density at radius 2 is 1.47 bits per heavy atom. The predicted octanol–water partition coefficient (Wildman–Crippen LogP) is 5.86. The lowest BCUT2D eigenvalue weighted by Crippen LogP contribution is -2.67. The highest BCUT2D eigenvalue weighted by Crippen LogP contribution is 2.57. The first-order valence-corrected chi connectivity index (χ1v) is 11.6. The Balaban J connectivity index is 2.59. The summed E-state index contributed by atoms with van der Waals surface area (Å²) in [6, 6.07) is 2.51. The summed E-state index contributed by atoms with van der Waals surface area (Å²) in [5.74, 6) is -16.6. The molecule has 0 aromatic heterocycles. The molecule has 214 valence electrons. The van der Waals surface area contributed by atoms with Gasteiger partial charge in [-0.2, -0.15) is 48.3 Å². The monoisotopic (exact) mass is 589 g/mol. The predicted molar refractivity (Wildman–Crippen MR) is 110 cm³/mol. The summed E-state index contributed by atoms with van der Waals surface area (Å²) in [4.78, 5) is 11.3. The first-order chi connectivity index (χ1) is 17.0. The molecule has 0 radical (unpaired) electrons. The van der Waals surface area contributed by atoms with E-state index >= 15 is 8.78 Å². The van der Waals surface area contributed by atoms with Crippen LogP contribution in [0.25, 0.3) is 5.57 Å². The number of hydrogen-bond acceptors (Lipinski definition) is 4. The molecule has 0 saturated heterocycles. The Bertz CT molecular complexity index is 1210. The van der Waals surface area contributed by atoms with Crippen LogP contribution in [-0.4, -0.2) is 61.7 Å². The maximum atomic E-state index is 15.6. The van der Waals surface area contributed by atoms with Crippen molar-refractivity contribution in [3.05, 3.63) is 54.1 Å². The molecule has 1 atom stereocenters. The highest BCUT2D eigenvalue weighted by Gasteiger charge is 2.86. The van der Waals surface area contributed by atoms with E-state index in [1.54, 1.807) is 18.2 Å². The first kappa shape index (κ1) is 31.5. The van der Waals surface area contributed by atoms with Gasteiger partial charge in [-0.25, -0.2) is 8.42 Å². The van der Waals surface area contributed by atoms with Crippen molar-refractivity contribution in [1.82, 2.24) is 4.31 Å². The summed E-state index contributed by atoms with van der Waals surface area (Å²) < 4.78 is 178. The van der Waals surface area contributed by atoms with Crippen molar-refractivity contribution in [3.8, 4) is 0 Å². The Morgan fingerprint density at radius 3 is 1.89 bits per heavy atom. The number of allylic oxidation sites excluding steroid dienone is 3. The summed E-state index contributed by atoms with van der Waals surface area (Å²) in [6.07, 6.45) is -5.84. The van der Waals surface area contributed by atoms with Crippen LogP contribution in [-0.2, 0) is 19.6 Å². The normalized spacial score (nSPS) is 19.9. The molecule has 0 spiro atoms. The third-order valence-corrected chi connectivity index (χ3v) is 7.56. The summed E-state index contributed by atoms with van der Waals surface area (Å²) in [6.45, 7) is -0.692. The second-order valence-corrected chi connectivity index (χ2v) is 10.2. The molecule has 0 N–H and O–H groups in total. The summed E-state index contributed by atoms with van der Waals surface area (Å²) in [5, 5.41) is -7.39. The van der Waals surface area contributed by atoms with E-state index in [2.05, 4.69) is 4.74 Å². The number of alkyl halides is 11. The topological polar surface area (TPSA) is 63.7 Å². The number of sulfonamides is 1. The van der Waals surface area contributed by atoms with Crippen LogP contribution in [0.1, 0.15) is 18.9 Å². The quantitative estimate of drug-likeness (QED) is 0.206. The van der Waals surface area contributed by atoms with Crippen LogP contribution in [0, 0.1) is 5.41 Å². The van der Waals surface area contributed by atoms with Crippen LogP contribution in [0.4, 0.5) is 48.3 Å². The third kappa shape index (κ3) is 4.89. The fourth-order valence-corrected chi connectivity index (χ4v) is 4.61. The summed E-state index contributed by atoms with van der Waals surface area (Å²) >= 11 is 0. The van der Waals surface area contributed by atoms with Crippen LogP contribution >= 0.6 is 0 Å². The lowest BCUT2D eigenvalue weighted by molar-refractivity contribution is -0.382. The molecule has 38 heavy (non-hydrogen) atoms.